The lowest BCUT2D eigenvalue weighted by atomic mass is 9.43. The van der Waals surface area contributed by atoms with Gasteiger partial charge in [-0.05, 0) is 79.7 Å². The van der Waals surface area contributed by atoms with Crippen molar-refractivity contribution >= 4 is 49.8 Å². The molecule has 2 bridgehead atoms. The summed E-state index contributed by atoms with van der Waals surface area (Å²) in [7, 11) is 0. The van der Waals surface area contributed by atoms with Crippen LogP contribution >= 0.6 is 0 Å². The smallest absolute Gasteiger partial charge is 0.138 e. The molecule has 1 aromatic heterocycles. The number of para-hydroxylation sites is 1. The molecule has 56 heavy (non-hydrogen) atoms. The molecular weight excluding hydrogens is 679 g/mol. The summed E-state index contributed by atoms with van der Waals surface area (Å²) in [6.07, 6.45) is 0. The van der Waals surface area contributed by atoms with Crippen LogP contribution in [0.25, 0.3) is 43.8 Å². The van der Waals surface area contributed by atoms with Gasteiger partial charge in [0.2, 0.25) is 0 Å². The molecule has 4 aliphatic rings. The maximum absolute atomic E-state index is 6.71. The van der Waals surface area contributed by atoms with Gasteiger partial charge in [-0.1, -0.05) is 170 Å². The molecule has 1 spiro atoms. The minimum Gasteiger partial charge on any atom is -0.456 e. The van der Waals surface area contributed by atoms with E-state index in [9.17, 15) is 0 Å². The lowest BCUT2D eigenvalue weighted by Gasteiger charge is -2.60. The Labute approximate surface area is 324 Å². The van der Waals surface area contributed by atoms with Crippen LogP contribution < -0.4 is 4.90 Å². The van der Waals surface area contributed by atoms with E-state index in [1.807, 2.05) is 0 Å². The van der Waals surface area contributed by atoms with Gasteiger partial charge in [0.05, 0.1) is 27.9 Å². The highest BCUT2D eigenvalue weighted by molar-refractivity contribution is 6.22. The van der Waals surface area contributed by atoms with E-state index in [-0.39, 0.29) is 0 Å². The van der Waals surface area contributed by atoms with Gasteiger partial charge in [0.15, 0.2) is 0 Å². The zero-order valence-corrected chi connectivity index (χ0v) is 30.4. The third-order valence-electron chi connectivity index (χ3n) is 13.1. The van der Waals surface area contributed by atoms with Crippen molar-refractivity contribution in [3.8, 4) is 11.1 Å². The summed E-state index contributed by atoms with van der Waals surface area (Å²) in [5.74, 6) is 0. The van der Waals surface area contributed by atoms with Crippen LogP contribution in [0.15, 0.2) is 205 Å². The quantitative estimate of drug-likeness (QED) is 0.181. The number of hydrogen-bond donors (Lipinski definition) is 0. The number of rotatable bonds is 3. The molecular formula is C54H33NO. The fourth-order valence-electron chi connectivity index (χ4n) is 11.1. The van der Waals surface area contributed by atoms with Gasteiger partial charge in [-0.25, -0.2) is 0 Å². The molecule has 0 unspecified atom stereocenters. The topological polar surface area (TPSA) is 16.4 Å². The third-order valence-corrected chi connectivity index (χ3v) is 13.1. The van der Waals surface area contributed by atoms with Crippen LogP contribution in [0, 0.1) is 0 Å². The highest BCUT2D eigenvalue weighted by Crippen LogP contribution is 2.71. The molecule has 260 valence electrons. The van der Waals surface area contributed by atoms with Gasteiger partial charge in [0, 0.05) is 27.8 Å². The molecule has 14 rings (SSSR count). The van der Waals surface area contributed by atoms with E-state index >= 15 is 0 Å². The Morgan fingerprint density at radius 3 is 1.66 bits per heavy atom. The van der Waals surface area contributed by atoms with Crippen molar-refractivity contribution in [1.29, 1.82) is 0 Å². The van der Waals surface area contributed by atoms with E-state index in [1.165, 1.54) is 77.8 Å². The van der Waals surface area contributed by atoms with Gasteiger partial charge in [-0.15, -0.1) is 0 Å². The monoisotopic (exact) mass is 711 g/mol. The fraction of sp³-hybridized carbons (Fsp3) is 0.0370. The summed E-state index contributed by atoms with van der Waals surface area (Å²) in [6, 6.07) is 74.4. The average Bonchev–Trinajstić information content (AvgIpc) is 3.66. The first-order valence-corrected chi connectivity index (χ1v) is 19.5. The van der Waals surface area contributed by atoms with Crippen LogP contribution in [0.2, 0.25) is 0 Å². The molecule has 0 saturated carbocycles. The molecule has 0 radical (unpaired) electrons. The largest absolute Gasteiger partial charge is 0.456 e. The van der Waals surface area contributed by atoms with Gasteiger partial charge in [-0.2, -0.15) is 0 Å². The molecule has 10 aromatic rings. The Kier molecular flexibility index (Phi) is 5.79. The van der Waals surface area contributed by atoms with E-state index in [2.05, 4.69) is 205 Å². The minimum absolute atomic E-state index is 0.507. The number of nitrogens with zero attached hydrogens (tertiary/aromatic N) is 1. The molecule has 0 fully saturated rings. The molecule has 0 N–H and O–H groups in total. The fourth-order valence-corrected chi connectivity index (χ4v) is 11.1. The Balaban J connectivity index is 1.23. The van der Waals surface area contributed by atoms with Crippen molar-refractivity contribution in [2.75, 3.05) is 4.90 Å². The highest BCUT2D eigenvalue weighted by atomic mass is 16.3. The summed E-state index contributed by atoms with van der Waals surface area (Å²) < 4.78 is 6.71. The molecule has 2 nitrogen and oxygen atoms in total. The molecule has 2 heteroatoms. The predicted molar refractivity (Wildman–Crippen MR) is 229 cm³/mol. The summed E-state index contributed by atoms with van der Waals surface area (Å²) in [4.78, 5) is 2.55. The number of benzene rings is 9. The number of fused-ring (bicyclic) bond motifs is 6. The van der Waals surface area contributed by atoms with Crippen molar-refractivity contribution in [2.24, 2.45) is 0 Å². The third kappa shape index (κ3) is 3.49. The Hall–Kier alpha value is -7.16. The van der Waals surface area contributed by atoms with Crippen LogP contribution in [0.4, 0.5) is 17.1 Å². The van der Waals surface area contributed by atoms with Crippen LogP contribution in [-0.4, -0.2) is 0 Å². The van der Waals surface area contributed by atoms with Gasteiger partial charge in [-0.3, -0.25) is 0 Å². The average molecular weight is 712 g/mol. The lowest BCUT2D eigenvalue weighted by Crippen LogP contribution is -2.54. The van der Waals surface area contributed by atoms with Crippen LogP contribution in [0.5, 0.6) is 0 Å². The van der Waals surface area contributed by atoms with Crippen molar-refractivity contribution in [2.45, 2.75) is 10.8 Å². The second-order valence-corrected chi connectivity index (χ2v) is 15.5. The van der Waals surface area contributed by atoms with E-state index in [0.717, 1.165) is 27.6 Å². The number of hydrogen-bond acceptors (Lipinski definition) is 2. The maximum atomic E-state index is 6.71. The van der Waals surface area contributed by atoms with Crippen molar-refractivity contribution in [3.63, 3.8) is 0 Å². The van der Waals surface area contributed by atoms with E-state index in [0.29, 0.717) is 0 Å². The molecule has 2 heterocycles. The summed E-state index contributed by atoms with van der Waals surface area (Å²) in [5, 5.41) is 4.68. The van der Waals surface area contributed by atoms with E-state index in [1.54, 1.807) is 0 Å². The Bertz CT molecular complexity index is 3220. The van der Waals surface area contributed by atoms with Crippen LogP contribution in [0.1, 0.15) is 44.5 Å². The standard InChI is InChI=1S/C54H33NO/c1-3-16-34(17-4-1)35-30-31-46-45(32-35)54-42-25-12-10-23-40(42)53(36-18-5-2-6-19-36,41-24-11-13-26-43(41)54)44-27-15-28-47(52(44)54)55(46)48-33-50-51(38-21-8-7-20-37(38)48)39-22-9-14-29-49(39)56-50/h1-33H. The zero-order valence-electron chi connectivity index (χ0n) is 30.4. The summed E-state index contributed by atoms with van der Waals surface area (Å²) in [5.41, 5.74) is 17.3. The first-order valence-electron chi connectivity index (χ1n) is 19.5. The normalized spacial score (nSPS) is 18.5. The Morgan fingerprint density at radius 1 is 0.339 bits per heavy atom. The van der Waals surface area contributed by atoms with Gasteiger partial charge >= 0.3 is 0 Å². The lowest BCUT2D eigenvalue weighted by molar-refractivity contribution is 0.553. The van der Waals surface area contributed by atoms with E-state index < -0.39 is 10.8 Å². The molecule has 0 saturated heterocycles. The van der Waals surface area contributed by atoms with E-state index in [4.69, 9.17) is 4.42 Å². The second-order valence-electron chi connectivity index (χ2n) is 15.5. The van der Waals surface area contributed by atoms with Crippen LogP contribution in [0.3, 0.4) is 0 Å². The molecule has 0 atom stereocenters. The number of anilines is 3. The van der Waals surface area contributed by atoms with Gasteiger partial charge < -0.3 is 9.32 Å². The number of furan rings is 1. The summed E-state index contributed by atoms with van der Waals surface area (Å²) >= 11 is 0. The first-order chi connectivity index (χ1) is 27.8. The van der Waals surface area contributed by atoms with Gasteiger partial charge in [0.25, 0.3) is 0 Å². The molecule has 3 aliphatic carbocycles. The highest BCUT2D eigenvalue weighted by Gasteiger charge is 2.63. The first kappa shape index (κ1) is 30.2. The minimum atomic E-state index is -0.564. The molecule has 0 amide bonds. The zero-order chi connectivity index (χ0) is 36.6. The summed E-state index contributed by atoms with van der Waals surface area (Å²) in [6.45, 7) is 0. The molecule has 9 aromatic carbocycles. The van der Waals surface area contributed by atoms with Crippen molar-refractivity contribution in [3.05, 3.63) is 245 Å². The predicted octanol–water partition coefficient (Wildman–Crippen LogP) is 13.6. The second kappa shape index (κ2) is 10.7. The maximum Gasteiger partial charge on any atom is 0.138 e. The van der Waals surface area contributed by atoms with Gasteiger partial charge in [0.1, 0.15) is 11.2 Å². The van der Waals surface area contributed by atoms with Crippen molar-refractivity contribution < 1.29 is 4.42 Å². The Morgan fingerprint density at radius 2 is 0.929 bits per heavy atom. The van der Waals surface area contributed by atoms with Crippen LogP contribution in [-0.2, 0) is 10.8 Å². The SMILES string of the molecule is c1ccc(-c2ccc3c(c2)C24c5ccccc5C(c5ccccc5)(c5ccccc52)c2cccc(c24)N3c2cc3oc4ccccc4c3c3ccccc23)cc1. The molecule has 1 aliphatic heterocycles. The van der Waals surface area contributed by atoms with Crippen molar-refractivity contribution in [1.82, 2.24) is 0 Å².